The largest absolute Gasteiger partial charge is 0.444 e. The zero-order chi connectivity index (χ0) is 17.1. The summed E-state index contributed by atoms with van der Waals surface area (Å²) in [7, 11) is 0. The van der Waals surface area contributed by atoms with Crippen LogP contribution in [0.25, 0.3) is 0 Å². The van der Waals surface area contributed by atoms with Gasteiger partial charge in [-0.05, 0) is 45.4 Å². The monoisotopic (exact) mass is 322 g/mol. The Morgan fingerprint density at radius 3 is 2.87 bits per heavy atom. The molecular weight excluding hydrogens is 292 g/mol. The van der Waals surface area contributed by atoms with Crippen molar-refractivity contribution in [3.05, 3.63) is 11.8 Å². The van der Waals surface area contributed by atoms with Crippen LogP contribution in [0.2, 0.25) is 0 Å². The van der Waals surface area contributed by atoms with Crippen molar-refractivity contribution in [3.63, 3.8) is 0 Å². The number of aromatic amines is 1. The number of ether oxygens (including phenoxy) is 1. The quantitative estimate of drug-likeness (QED) is 0.787. The van der Waals surface area contributed by atoms with Crippen LogP contribution in [0, 0.1) is 5.41 Å². The number of rotatable bonds is 4. The van der Waals surface area contributed by atoms with Crippen LogP contribution in [0.5, 0.6) is 0 Å². The Kier molecular flexibility index (Phi) is 5.34. The van der Waals surface area contributed by atoms with Crippen molar-refractivity contribution in [2.75, 3.05) is 5.32 Å². The van der Waals surface area contributed by atoms with Crippen LogP contribution in [0.4, 0.5) is 10.6 Å². The van der Waals surface area contributed by atoms with Gasteiger partial charge >= 0.3 is 6.09 Å². The number of aromatic nitrogens is 2. The molecule has 130 valence electrons. The van der Waals surface area contributed by atoms with E-state index in [-0.39, 0.29) is 0 Å². The Morgan fingerprint density at radius 1 is 1.48 bits per heavy atom. The van der Waals surface area contributed by atoms with E-state index < -0.39 is 11.7 Å². The first-order chi connectivity index (χ1) is 10.6. The van der Waals surface area contributed by atoms with Crippen molar-refractivity contribution in [1.29, 1.82) is 0 Å². The number of anilines is 1. The molecule has 1 aromatic rings. The zero-order valence-corrected chi connectivity index (χ0v) is 15.0. The lowest BCUT2D eigenvalue weighted by Crippen LogP contribution is -2.37. The first-order valence-corrected chi connectivity index (χ1v) is 8.40. The summed E-state index contributed by atoms with van der Waals surface area (Å²) in [5, 5.41) is 13.2. The summed E-state index contributed by atoms with van der Waals surface area (Å²) in [6, 6.07) is 0.517. The molecule has 1 fully saturated rings. The maximum absolute atomic E-state index is 11.9. The molecule has 1 heterocycles. The van der Waals surface area contributed by atoms with Crippen molar-refractivity contribution < 1.29 is 9.53 Å². The summed E-state index contributed by atoms with van der Waals surface area (Å²) in [6.45, 7) is 10.9. The smallest absolute Gasteiger partial charge is 0.413 e. The molecule has 3 N–H and O–H groups in total. The van der Waals surface area contributed by atoms with E-state index in [4.69, 9.17) is 4.74 Å². The standard InChI is InChI=1S/C17H30N4O2/c1-16(2,3)23-15(22)20-14-12(11-19-21-14)10-18-13-7-6-8-17(4,5)9-13/h11,13,18H,6-10H2,1-5H3,(H2,19,20,21,22). The summed E-state index contributed by atoms with van der Waals surface area (Å²) < 4.78 is 5.27. The highest BCUT2D eigenvalue weighted by molar-refractivity contribution is 5.84. The van der Waals surface area contributed by atoms with Crippen LogP contribution in [0.15, 0.2) is 6.20 Å². The third-order valence-electron chi connectivity index (χ3n) is 4.13. The normalized spacial score (nSPS) is 21.0. The molecule has 0 aromatic carbocycles. The fourth-order valence-electron chi connectivity index (χ4n) is 3.09. The molecule has 1 aliphatic rings. The van der Waals surface area contributed by atoms with Crippen molar-refractivity contribution >= 4 is 11.9 Å². The Bertz CT molecular complexity index is 531. The molecule has 0 radical (unpaired) electrons. The molecule has 0 bridgehead atoms. The number of hydrogen-bond donors (Lipinski definition) is 3. The van der Waals surface area contributed by atoms with Gasteiger partial charge in [0.15, 0.2) is 0 Å². The van der Waals surface area contributed by atoms with E-state index in [1.54, 1.807) is 6.20 Å². The fraction of sp³-hybridized carbons (Fsp3) is 0.765. The highest BCUT2D eigenvalue weighted by Gasteiger charge is 2.27. The van der Waals surface area contributed by atoms with E-state index >= 15 is 0 Å². The number of amides is 1. The van der Waals surface area contributed by atoms with E-state index in [1.807, 2.05) is 20.8 Å². The summed E-state index contributed by atoms with van der Waals surface area (Å²) in [4.78, 5) is 11.9. The molecule has 1 amide bonds. The molecule has 0 spiro atoms. The summed E-state index contributed by atoms with van der Waals surface area (Å²) in [6.07, 6.45) is 6.21. The van der Waals surface area contributed by atoms with Crippen molar-refractivity contribution in [2.45, 2.75) is 78.5 Å². The molecule has 0 aliphatic heterocycles. The summed E-state index contributed by atoms with van der Waals surface area (Å²) in [5.74, 6) is 0.599. The van der Waals surface area contributed by atoms with Gasteiger partial charge in [-0.25, -0.2) is 4.79 Å². The average molecular weight is 322 g/mol. The lowest BCUT2D eigenvalue weighted by Gasteiger charge is -2.35. The Labute approximate surface area is 138 Å². The number of nitrogens with one attached hydrogen (secondary N) is 3. The third kappa shape index (κ3) is 5.86. The number of carbonyl (C=O) groups excluding carboxylic acids is 1. The van der Waals surface area contributed by atoms with Gasteiger partial charge in [-0.3, -0.25) is 10.4 Å². The van der Waals surface area contributed by atoms with Gasteiger partial charge in [0.25, 0.3) is 0 Å². The van der Waals surface area contributed by atoms with Crippen molar-refractivity contribution in [2.24, 2.45) is 5.41 Å². The van der Waals surface area contributed by atoms with E-state index in [0.717, 1.165) is 5.56 Å². The number of nitrogens with zero attached hydrogens (tertiary/aromatic N) is 1. The van der Waals surface area contributed by atoms with Crippen LogP contribution in [0.3, 0.4) is 0 Å². The van der Waals surface area contributed by atoms with Gasteiger partial charge in [0.1, 0.15) is 11.4 Å². The Morgan fingerprint density at radius 2 is 2.22 bits per heavy atom. The molecule has 1 unspecified atom stereocenters. The number of hydrogen-bond acceptors (Lipinski definition) is 4. The second-order valence-corrected chi connectivity index (χ2v) is 8.24. The second-order valence-electron chi connectivity index (χ2n) is 8.24. The van der Waals surface area contributed by atoms with Crippen LogP contribution < -0.4 is 10.6 Å². The number of H-pyrrole nitrogens is 1. The molecule has 6 nitrogen and oxygen atoms in total. The minimum atomic E-state index is -0.518. The van der Waals surface area contributed by atoms with Crippen LogP contribution >= 0.6 is 0 Å². The molecule has 1 saturated carbocycles. The lowest BCUT2D eigenvalue weighted by molar-refractivity contribution is 0.0635. The average Bonchev–Trinajstić information content (AvgIpc) is 2.80. The maximum Gasteiger partial charge on any atom is 0.413 e. The van der Waals surface area contributed by atoms with Gasteiger partial charge in [0.05, 0.1) is 6.20 Å². The van der Waals surface area contributed by atoms with Gasteiger partial charge in [0.2, 0.25) is 0 Å². The van der Waals surface area contributed by atoms with Crippen molar-refractivity contribution in [3.8, 4) is 0 Å². The van der Waals surface area contributed by atoms with Gasteiger partial charge < -0.3 is 10.1 Å². The molecule has 1 aliphatic carbocycles. The maximum atomic E-state index is 11.9. The van der Waals surface area contributed by atoms with E-state index in [1.165, 1.54) is 25.7 Å². The van der Waals surface area contributed by atoms with E-state index in [9.17, 15) is 4.79 Å². The van der Waals surface area contributed by atoms with Crippen molar-refractivity contribution in [1.82, 2.24) is 15.5 Å². The second kappa shape index (κ2) is 6.91. The Hall–Kier alpha value is -1.56. The first-order valence-electron chi connectivity index (χ1n) is 8.40. The van der Waals surface area contributed by atoms with Gasteiger partial charge in [-0.15, -0.1) is 0 Å². The van der Waals surface area contributed by atoms with E-state index in [2.05, 4.69) is 34.7 Å². The fourth-order valence-corrected chi connectivity index (χ4v) is 3.09. The zero-order valence-electron chi connectivity index (χ0n) is 15.0. The highest BCUT2D eigenvalue weighted by atomic mass is 16.6. The Balaban J connectivity index is 1.87. The third-order valence-corrected chi connectivity index (χ3v) is 4.13. The molecule has 2 rings (SSSR count). The number of carbonyl (C=O) groups is 1. The molecule has 1 atom stereocenters. The first kappa shape index (κ1) is 17.8. The van der Waals surface area contributed by atoms with Gasteiger partial charge in [-0.2, -0.15) is 5.10 Å². The minimum Gasteiger partial charge on any atom is -0.444 e. The highest BCUT2D eigenvalue weighted by Crippen LogP contribution is 2.35. The van der Waals surface area contributed by atoms with Crippen LogP contribution in [-0.2, 0) is 11.3 Å². The predicted molar refractivity (Wildman–Crippen MR) is 91.3 cm³/mol. The SMILES string of the molecule is CC1(C)CCCC(NCc2cn[nH]c2NC(=O)OC(C)(C)C)C1. The topological polar surface area (TPSA) is 79.0 Å². The summed E-state index contributed by atoms with van der Waals surface area (Å²) >= 11 is 0. The minimum absolute atomic E-state index is 0.407. The van der Waals surface area contributed by atoms with Gasteiger partial charge in [0, 0.05) is 18.2 Å². The van der Waals surface area contributed by atoms with Crippen LogP contribution in [0.1, 0.15) is 65.9 Å². The summed E-state index contributed by atoms with van der Waals surface area (Å²) in [5.41, 5.74) is 0.833. The lowest BCUT2D eigenvalue weighted by atomic mass is 9.75. The molecule has 23 heavy (non-hydrogen) atoms. The molecule has 1 aromatic heterocycles. The van der Waals surface area contributed by atoms with Gasteiger partial charge in [-0.1, -0.05) is 20.3 Å². The molecule has 6 heteroatoms. The predicted octanol–water partition coefficient (Wildman–Crippen LogP) is 3.82. The van der Waals surface area contributed by atoms with E-state index in [0.29, 0.717) is 23.8 Å². The molecular formula is C17H30N4O2. The molecule has 0 saturated heterocycles. The van der Waals surface area contributed by atoms with Crippen LogP contribution in [-0.4, -0.2) is 27.9 Å².